The standard InChI is InChI=1S/C12H13ClN2/c1-8-5-9(7-14-2)11-6-10(13)3-4-12(11)15-8/h3-6,14H,7H2,1-2H3. The Kier molecular flexibility index (Phi) is 2.89. The van der Waals surface area contributed by atoms with Crippen LogP contribution in [-0.4, -0.2) is 12.0 Å². The molecule has 0 spiro atoms. The highest BCUT2D eigenvalue weighted by Gasteiger charge is 2.03. The number of aryl methyl sites for hydroxylation is 1. The maximum atomic E-state index is 5.98. The molecule has 1 aromatic carbocycles. The SMILES string of the molecule is CNCc1cc(C)nc2ccc(Cl)cc12. The summed E-state index contributed by atoms with van der Waals surface area (Å²) in [5, 5.41) is 5.03. The van der Waals surface area contributed by atoms with Crippen molar-refractivity contribution in [1.29, 1.82) is 0 Å². The normalized spacial score (nSPS) is 10.9. The molecule has 1 N–H and O–H groups in total. The molecule has 78 valence electrons. The van der Waals surface area contributed by atoms with E-state index in [9.17, 15) is 0 Å². The van der Waals surface area contributed by atoms with E-state index in [0.29, 0.717) is 0 Å². The molecule has 0 saturated heterocycles. The van der Waals surface area contributed by atoms with E-state index in [0.717, 1.165) is 28.2 Å². The summed E-state index contributed by atoms with van der Waals surface area (Å²) in [5.41, 5.74) is 3.28. The van der Waals surface area contributed by atoms with Crippen LogP contribution in [0.2, 0.25) is 5.02 Å². The van der Waals surface area contributed by atoms with Gasteiger partial charge in [-0.05, 0) is 43.8 Å². The molecule has 3 heteroatoms. The van der Waals surface area contributed by atoms with Crippen molar-refractivity contribution in [2.24, 2.45) is 0 Å². The third-order valence-electron chi connectivity index (χ3n) is 2.35. The average Bonchev–Trinajstić information content (AvgIpc) is 2.19. The van der Waals surface area contributed by atoms with Crippen LogP contribution in [0.1, 0.15) is 11.3 Å². The molecule has 2 rings (SSSR count). The summed E-state index contributed by atoms with van der Waals surface area (Å²) < 4.78 is 0. The van der Waals surface area contributed by atoms with Crippen molar-refractivity contribution in [2.75, 3.05) is 7.05 Å². The minimum atomic E-state index is 0.755. The van der Waals surface area contributed by atoms with Gasteiger partial charge in [-0.15, -0.1) is 0 Å². The number of fused-ring (bicyclic) bond motifs is 1. The fourth-order valence-corrected chi connectivity index (χ4v) is 1.92. The predicted octanol–water partition coefficient (Wildman–Crippen LogP) is 2.92. The quantitative estimate of drug-likeness (QED) is 0.842. The minimum Gasteiger partial charge on any atom is -0.316 e. The largest absolute Gasteiger partial charge is 0.316 e. The maximum Gasteiger partial charge on any atom is 0.0709 e. The van der Waals surface area contributed by atoms with Crippen LogP contribution in [0.15, 0.2) is 24.3 Å². The third kappa shape index (κ3) is 2.11. The highest BCUT2D eigenvalue weighted by atomic mass is 35.5. The molecule has 0 amide bonds. The number of aromatic nitrogens is 1. The summed E-state index contributed by atoms with van der Waals surface area (Å²) in [6, 6.07) is 7.90. The fourth-order valence-electron chi connectivity index (χ4n) is 1.75. The molecule has 0 aliphatic heterocycles. The second-order valence-corrected chi connectivity index (χ2v) is 4.05. The number of benzene rings is 1. The molecule has 0 fully saturated rings. The first-order chi connectivity index (χ1) is 7.20. The molecule has 0 saturated carbocycles. The number of nitrogens with zero attached hydrogens (tertiary/aromatic N) is 1. The zero-order valence-corrected chi connectivity index (χ0v) is 9.60. The van der Waals surface area contributed by atoms with Gasteiger partial charge in [0.15, 0.2) is 0 Å². The van der Waals surface area contributed by atoms with Crippen LogP contribution in [0, 0.1) is 6.92 Å². The van der Waals surface area contributed by atoms with Gasteiger partial charge in [-0.25, -0.2) is 0 Å². The van der Waals surface area contributed by atoms with Gasteiger partial charge in [-0.1, -0.05) is 11.6 Å². The Bertz CT molecular complexity index is 494. The van der Waals surface area contributed by atoms with Gasteiger partial charge in [-0.3, -0.25) is 4.98 Å². The van der Waals surface area contributed by atoms with Gasteiger partial charge in [0, 0.05) is 22.6 Å². The van der Waals surface area contributed by atoms with Crippen molar-refractivity contribution in [3.63, 3.8) is 0 Å². The van der Waals surface area contributed by atoms with Gasteiger partial charge >= 0.3 is 0 Å². The highest BCUT2D eigenvalue weighted by molar-refractivity contribution is 6.31. The van der Waals surface area contributed by atoms with Crippen LogP contribution >= 0.6 is 11.6 Å². The van der Waals surface area contributed by atoms with Gasteiger partial charge in [0.25, 0.3) is 0 Å². The number of hydrogen-bond donors (Lipinski definition) is 1. The summed E-state index contributed by atoms with van der Waals surface area (Å²) in [6.07, 6.45) is 0. The van der Waals surface area contributed by atoms with Crippen LogP contribution in [0.4, 0.5) is 0 Å². The molecule has 2 aromatic rings. The van der Waals surface area contributed by atoms with E-state index in [1.165, 1.54) is 5.56 Å². The lowest BCUT2D eigenvalue weighted by Crippen LogP contribution is -2.06. The van der Waals surface area contributed by atoms with Gasteiger partial charge in [0.1, 0.15) is 0 Å². The van der Waals surface area contributed by atoms with Crippen LogP contribution in [0.3, 0.4) is 0 Å². The molecule has 1 aromatic heterocycles. The molecule has 15 heavy (non-hydrogen) atoms. The Morgan fingerprint density at radius 3 is 2.87 bits per heavy atom. The number of halogens is 1. The van der Waals surface area contributed by atoms with E-state index in [2.05, 4.69) is 16.4 Å². The smallest absolute Gasteiger partial charge is 0.0709 e. The first-order valence-corrected chi connectivity index (χ1v) is 5.29. The first-order valence-electron chi connectivity index (χ1n) is 4.91. The summed E-state index contributed by atoms with van der Waals surface area (Å²) in [6.45, 7) is 2.84. The zero-order chi connectivity index (χ0) is 10.8. The van der Waals surface area contributed by atoms with Crippen LogP contribution in [-0.2, 0) is 6.54 Å². The number of nitrogens with one attached hydrogen (secondary N) is 1. The van der Waals surface area contributed by atoms with Gasteiger partial charge in [0.2, 0.25) is 0 Å². The van der Waals surface area contributed by atoms with Crippen molar-refractivity contribution >= 4 is 22.5 Å². The average molecular weight is 221 g/mol. The summed E-state index contributed by atoms with van der Waals surface area (Å²) in [4.78, 5) is 4.47. The first kappa shape index (κ1) is 10.4. The Labute approximate surface area is 94.3 Å². The van der Waals surface area contributed by atoms with E-state index >= 15 is 0 Å². The summed E-state index contributed by atoms with van der Waals surface area (Å²) >= 11 is 5.98. The number of hydrogen-bond acceptors (Lipinski definition) is 2. The lowest BCUT2D eigenvalue weighted by molar-refractivity contribution is 0.821. The molecule has 0 atom stereocenters. The molecule has 0 bridgehead atoms. The van der Waals surface area contributed by atoms with Gasteiger partial charge in [-0.2, -0.15) is 0 Å². The lowest BCUT2D eigenvalue weighted by Gasteiger charge is -2.07. The van der Waals surface area contributed by atoms with E-state index in [-0.39, 0.29) is 0 Å². The Morgan fingerprint density at radius 2 is 2.13 bits per heavy atom. The molecule has 0 unspecified atom stereocenters. The Hall–Kier alpha value is -1.12. The predicted molar refractivity (Wildman–Crippen MR) is 64.3 cm³/mol. The number of pyridine rings is 1. The fraction of sp³-hybridized carbons (Fsp3) is 0.250. The van der Waals surface area contributed by atoms with Crippen LogP contribution < -0.4 is 5.32 Å². The molecule has 0 aliphatic carbocycles. The third-order valence-corrected chi connectivity index (χ3v) is 2.59. The zero-order valence-electron chi connectivity index (χ0n) is 8.84. The van der Waals surface area contributed by atoms with Gasteiger partial charge in [0.05, 0.1) is 5.52 Å². The second kappa shape index (κ2) is 4.17. The Balaban J connectivity index is 2.70. The van der Waals surface area contributed by atoms with Crippen LogP contribution in [0.5, 0.6) is 0 Å². The lowest BCUT2D eigenvalue weighted by atomic mass is 10.1. The second-order valence-electron chi connectivity index (χ2n) is 3.61. The summed E-state index contributed by atoms with van der Waals surface area (Å²) in [5.74, 6) is 0. The molecular weight excluding hydrogens is 208 g/mol. The monoisotopic (exact) mass is 220 g/mol. The number of rotatable bonds is 2. The van der Waals surface area contributed by atoms with Crippen molar-refractivity contribution < 1.29 is 0 Å². The van der Waals surface area contributed by atoms with E-state index in [1.54, 1.807) is 0 Å². The van der Waals surface area contributed by atoms with E-state index in [4.69, 9.17) is 11.6 Å². The molecule has 1 heterocycles. The molecule has 2 nitrogen and oxygen atoms in total. The van der Waals surface area contributed by atoms with Crippen molar-refractivity contribution in [3.8, 4) is 0 Å². The highest BCUT2D eigenvalue weighted by Crippen LogP contribution is 2.22. The summed E-state index contributed by atoms with van der Waals surface area (Å²) in [7, 11) is 1.94. The topological polar surface area (TPSA) is 24.9 Å². The van der Waals surface area contributed by atoms with Crippen molar-refractivity contribution in [2.45, 2.75) is 13.5 Å². The minimum absolute atomic E-state index is 0.755. The van der Waals surface area contributed by atoms with Gasteiger partial charge < -0.3 is 5.32 Å². The maximum absolute atomic E-state index is 5.98. The van der Waals surface area contributed by atoms with E-state index < -0.39 is 0 Å². The molecular formula is C12H13ClN2. The molecule has 0 aliphatic rings. The van der Waals surface area contributed by atoms with Crippen molar-refractivity contribution in [1.82, 2.24) is 10.3 Å². The Morgan fingerprint density at radius 1 is 1.33 bits per heavy atom. The van der Waals surface area contributed by atoms with Crippen molar-refractivity contribution in [3.05, 3.63) is 40.5 Å². The van der Waals surface area contributed by atoms with E-state index in [1.807, 2.05) is 32.2 Å². The van der Waals surface area contributed by atoms with Crippen LogP contribution in [0.25, 0.3) is 10.9 Å². The molecule has 0 radical (unpaired) electrons.